The van der Waals surface area contributed by atoms with Gasteiger partial charge in [0.2, 0.25) is 11.8 Å². The number of halogens is 1. The number of carboxylic acids is 1. The smallest absolute Gasteiger partial charge is 0.334 e. The number of amides is 4. The van der Waals surface area contributed by atoms with Crippen molar-refractivity contribution < 1.29 is 28.7 Å². The number of piperazine rings is 1. The Bertz CT molecular complexity index is 968. The fourth-order valence-corrected chi connectivity index (χ4v) is 5.38. The first-order valence-electron chi connectivity index (χ1n) is 12.1. The van der Waals surface area contributed by atoms with Gasteiger partial charge in [0.25, 0.3) is 0 Å². The van der Waals surface area contributed by atoms with E-state index in [1.165, 1.54) is 33.5 Å². The van der Waals surface area contributed by atoms with Crippen LogP contribution in [0.1, 0.15) is 44.1 Å². The Kier molecular flexibility index (Phi) is 7.54. The van der Waals surface area contributed by atoms with Crippen LogP contribution in [0.4, 0.5) is 9.18 Å². The van der Waals surface area contributed by atoms with E-state index in [9.17, 15) is 28.7 Å². The summed E-state index contributed by atoms with van der Waals surface area (Å²) in [4.78, 5) is 54.1. The van der Waals surface area contributed by atoms with Crippen molar-refractivity contribution in [3.05, 3.63) is 35.6 Å². The average Bonchev–Trinajstić information content (AvgIpc) is 2.81. The largest absolute Gasteiger partial charge is 0.481 e. The topological polar surface area (TPSA) is 114 Å². The Morgan fingerprint density at radius 3 is 2.46 bits per heavy atom. The van der Waals surface area contributed by atoms with Crippen LogP contribution >= 0.6 is 0 Å². The molecule has 1 aliphatic carbocycles. The number of hydrogen-bond acceptors (Lipinski definition) is 5. The van der Waals surface area contributed by atoms with Gasteiger partial charge < -0.3 is 20.2 Å². The second kappa shape index (κ2) is 10.6. The molecule has 0 radical (unpaired) electrons. The fourth-order valence-electron chi connectivity index (χ4n) is 5.38. The van der Waals surface area contributed by atoms with Gasteiger partial charge in [0.15, 0.2) is 0 Å². The van der Waals surface area contributed by atoms with Crippen LogP contribution in [-0.4, -0.2) is 87.6 Å². The van der Waals surface area contributed by atoms with Gasteiger partial charge in [-0.05, 0) is 36.5 Å². The van der Waals surface area contributed by atoms with Crippen LogP contribution in [0.15, 0.2) is 24.3 Å². The normalized spacial score (nSPS) is 23.9. The summed E-state index contributed by atoms with van der Waals surface area (Å²) in [5, 5.41) is 15.2. The van der Waals surface area contributed by atoms with Crippen molar-refractivity contribution in [2.75, 3.05) is 26.7 Å². The van der Waals surface area contributed by atoms with E-state index in [1.54, 1.807) is 24.1 Å². The zero-order valence-electron chi connectivity index (χ0n) is 19.9. The molecule has 190 valence electrons. The third-order valence-corrected chi connectivity index (χ3v) is 7.08. The number of carbonyl (C=O) groups excluding carboxylic acids is 3. The maximum Gasteiger partial charge on any atom is 0.334 e. The summed E-state index contributed by atoms with van der Waals surface area (Å²) in [5.41, 5.74) is 0.703. The van der Waals surface area contributed by atoms with E-state index in [0.29, 0.717) is 18.0 Å². The van der Waals surface area contributed by atoms with Gasteiger partial charge in [0.05, 0.1) is 19.5 Å². The maximum atomic E-state index is 13.3. The molecule has 3 aliphatic rings. The summed E-state index contributed by atoms with van der Waals surface area (Å²) in [6.07, 6.45) is 4.03. The van der Waals surface area contributed by atoms with Gasteiger partial charge in [-0.1, -0.05) is 31.4 Å². The zero-order chi connectivity index (χ0) is 25.1. The SMILES string of the molecule is CN1CC(=O)N2C(CN(CC3CCCCC3)C(=O)[C@@H]2CC(=O)O)N1C(=O)NCc1ccc(F)cc1. The first kappa shape index (κ1) is 24.9. The number of urea groups is 1. The highest BCUT2D eigenvalue weighted by Gasteiger charge is 2.51. The molecule has 4 rings (SSSR count). The van der Waals surface area contributed by atoms with Gasteiger partial charge in [-0.25, -0.2) is 19.2 Å². The fraction of sp³-hybridized carbons (Fsp3) is 0.583. The Morgan fingerprint density at radius 2 is 1.80 bits per heavy atom. The molecular formula is C24H32FN5O5. The van der Waals surface area contributed by atoms with Crippen molar-refractivity contribution in [1.29, 1.82) is 0 Å². The quantitative estimate of drug-likeness (QED) is 0.628. The van der Waals surface area contributed by atoms with Crippen LogP contribution in [-0.2, 0) is 20.9 Å². The molecule has 10 nitrogen and oxygen atoms in total. The molecule has 1 aromatic rings. The van der Waals surface area contributed by atoms with E-state index in [0.717, 1.165) is 25.7 Å². The summed E-state index contributed by atoms with van der Waals surface area (Å²) in [6, 6.07) is 4.10. The average molecular weight is 490 g/mol. The Morgan fingerprint density at radius 1 is 1.11 bits per heavy atom. The molecule has 11 heteroatoms. The second-order valence-electron chi connectivity index (χ2n) is 9.59. The number of hydrogen-bond donors (Lipinski definition) is 2. The summed E-state index contributed by atoms with van der Waals surface area (Å²) < 4.78 is 13.2. The van der Waals surface area contributed by atoms with E-state index in [1.807, 2.05) is 0 Å². The van der Waals surface area contributed by atoms with Gasteiger partial charge >= 0.3 is 12.0 Å². The number of hydrazine groups is 1. The van der Waals surface area contributed by atoms with Crippen LogP contribution < -0.4 is 5.32 Å². The van der Waals surface area contributed by atoms with Crippen molar-refractivity contribution in [3.63, 3.8) is 0 Å². The van der Waals surface area contributed by atoms with Crippen molar-refractivity contribution >= 4 is 23.8 Å². The van der Waals surface area contributed by atoms with E-state index in [2.05, 4.69) is 5.32 Å². The van der Waals surface area contributed by atoms with Crippen LogP contribution in [0, 0.1) is 11.7 Å². The number of rotatable bonds is 6. The minimum Gasteiger partial charge on any atom is -0.481 e. The number of nitrogens with zero attached hydrogens (tertiary/aromatic N) is 4. The molecule has 0 aromatic heterocycles. The van der Waals surface area contributed by atoms with Crippen molar-refractivity contribution in [1.82, 2.24) is 25.1 Å². The Labute approximate surface area is 203 Å². The molecule has 1 saturated carbocycles. The predicted molar refractivity (Wildman–Crippen MR) is 123 cm³/mol. The second-order valence-corrected chi connectivity index (χ2v) is 9.59. The summed E-state index contributed by atoms with van der Waals surface area (Å²) in [6.45, 7) is 0.591. The highest BCUT2D eigenvalue weighted by Crippen LogP contribution is 2.30. The van der Waals surface area contributed by atoms with E-state index in [-0.39, 0.29) is 31.4 Å². The lowest BCUT2D eigenvalue weighted by molar-refractivity contribution is -0.189. The molecule has 2 saturated heterocycles. The summed E-state index contributed by atoms with van der Waals surface area (Å²) in [5.74, 6) is -2.00. The Balaban J connectivity index is 1.56. The minimum atomic E-state index is -1.18. The first-order chi connectivity index (χ1) is 16.7. The zero-order valence-corrected chi connectivity index (χ0v) is 19.9. The molecule has 2 N–H and O–H groups in total. The summed E-state index contributed by atoms with van der Waals surface area (Å²) in [7, 11) is 1.61. The van der Waals surface area contributed by atoms with E-state index < -0.39 is 36.5 Å². The third-order valence-electron chi connectivity index (χ3n) is 7.08. The van der Waals surface area contributed by atoms with Crippen LogP contribution in [0.25, 0.3) is 0 Å². The van der Waals surface area contributed by atoms with Crippen molar-refractivity contribution in [2.24, 2.45) is 5.92 Å². The minimum absolute atomic E-state index is 0.117. The lowest BCUT2D eigenvalue weighted by atomic mass is 9.88. The van der Waals surface area contributed by atoms with Gasteiger partial charge in [-0.15, -0.1) is 0 Å². The molecule has 2 heterocycles. The number of carboxylic acid groups (broad SMARTS) is 1. The molecule has 0 spiro atoms. The van der Waals surface area contributed by atoms with Gasteiger partial charge in [-0.3, -0.25) is 14.4 Å². The predicted octanol–water partition coefficient (Wildman–Crippen LogP) is 1.62. The molecule has 2 aliphatic heterocycles. The number of aliphatic carboxylic acids is 1. The van der Waals surface area contributed by atoms with E-state index in [4.69, 9.17) is 0 Å². The molecule has 2 atom stereocenters. The molecular weight excluding hydrogens is 457 g/mol. The van der Waals surface area contributed by atoms with Gasteiger partial charge in [-0.2, -0.15) is 0 Å². The summed E-state index contributed by atoms with van der Waals surface area (Å²) >= 11 is 0. The van der Waals surface area contributed by atoms with Crippen LogP contribution in [0.5, 0.6) is 0 Å². The van der Waals surface area contributed by atoms with Crippen LogP contribution in [0.2, 0.25) is 0 Å². The van der Waals surface area contributed by atoms with Gasteiger partial charge in [0.1, 0.15) is 18.0 Å². The number of carbonyl (C=O) groups is 4. The first-order valence-corrected chi connectivity index (χ1v) is 12.1. The molecule has 1 unspecified atom stereocenters. The van der Waals surface area contributed by atoms with Gasteiger partial charge in [0, 0.05) is 20.1 Å². The lowest BCUT2D eigenvalue weighted by Gasteiger charge is -2.54. The number of nitrogens with one attached hydrogen (secondary N) is 1. The van der Waals surface area contributed by atoms with E-state index >= 15 is 0 Å². The highest BCUT2D eigenvalue weighted by atomic mass is 19.1. The maximum absolute atomic E-state index is 13.3. The lowest BCUT2D eigenvalue weighted by Crippen LogP contribution is -2.76. The monoisotopic (exact) mass is 489 g/mol. The third kappa shape index (κ3) is 5.55. The standard InChI is InChI=1S/C24H32FN5O5/c1-27-15-21(31)29-19(11-22(32)33)23(34)28(13-17-5-3-2-4-6-17)14-20(29)30(27)24(35)26-12-16-7-9-18(25)10-8-16/h7-10,17,19-20H,2-6,11-15H2,1H3,(H,26,35)(H,32,33)/t19-,20?/m0/s1. The number of fused-ring (bicyclic) bond motifs is 1. The molecule has 35 heavy (non-hydrogen) atoms. The number of benzene rings is 1. The molecule has 3 fully saturated rings. The van der Waals surface area contributed by atoms with Crippen molar-refractivity contribution in [3.8, 4) is 0 Å². The molecule has 4 amide bonds. The van der Waals surface area contributed by atoms with Crippen molar-refractivity contribution in [2.45, 2.75) is 57.3 Å². The molecule has 0 bridgehead atoms. The number of likely N-dealkylation sites (N-methyl/N-ethyl adjacent to an activating group) is 1. The highest BCUT2D eigenvalue weighted by molar-refractivity contribution is 5.93. The molecule has 1 aromatic carbocycles. The van der Waals surface area contributed by atoms with Crippen LogP contribution in [0.3, 0.4) is 0 Å². The Hall–Kier alpha value is -3.21.